The van der Waals surface area contributed by atoms with Crippen LogP contribution in [0.1, 0.15) is 18.1 Å². The summed E-state index contributed by atoms with van der Waals surface area (Å²) in [4.78, 5) is 4.16. The van der Waals surface area contributed by atoms with Crippen LogP contribution in [0.25, 0.3) is 0 Å². The Morgan fingerprint density at radius 2 is 1.88 bits per heavy atom. The highest BCUT2D eigenvalue weighted by Crippen LogP contribution is 2.29. The minimum Gasteiger partial charge on any atom is -0.490 e. The maximum Gasteiger partial charge on any atom is 0.387 e. The fraction of sp³-hybridized carbons (Fsp3) is 0.353. The van der Waals surface area contributed by atoms with E-state index in [4.69, 9.17) is 4.74 Å². The lowest BCUT2D eigenvalue weighted by Crippen LogP contribution is -2.36. The summed E-state index contributed by atoms with van der Waals surface area (Å²) in [6.45, 7) is 0.406. The molecule has 1 heterocycles. The molecule has 0 aliphatic carbocycles. The van der Waals surface area contributed by atoms with E-state index in [1.807, 2.05) is 11.4 Å². The number of rotatable bonds is 8. The number of halogens is 3. The van der Waals surface area contributed by atoms with Crippen LogP contribution < -0.4 is 20.1 Å². The second-order valence-corrected chi connectivity index (χ2v) is 5.78. The number of hydrogen-bond donors (Lipinski definition) is 2. The van der Waals surface area contributed by atoms with Crippen LogP contribution in [0.15, 0.2) is 40.0 Å². The maximum absolute atomic E-state index is 12.4. The summed E-state index contributed by atoms with van der Waals surface area (Å²) in [6, 6.07) is 6.91. The number of alkyl halides is 2. The van der Waals surface area contributed by atoms with Crippen LogP contribution in [-0.2, 0) is 13.1 Å². The van der Waals surface area contributed by atoms with Crippen LogP contribution in [0.4, 0.5) is 8.78 Å². The quantitative estimate of drug-likeness (QED) is 0.326. The summed E-state index contributed by atoms with van der Waals surface area (Å²) in [5.74, 6) is 0.973. The molecule has 0 spiro atoms. The van der Waals surface area contributed by atoms with E-state index in [1.54, 1.807) is 37.4 Å². The van der Waals surface area contributed by atoms with Crippen LogP contribution >= 0.6 is 35.3 Å². The van der Waals surface area contributed by atoms with E-state index in [0.29, 0.717) is 31.4 Å². The van der Waals surface area contributed by atoms with Gasteiger partial charge in [-0.1, -0.05) is 6.07 Å². The first-order valence-corrected chi connectivity index (χ1v) is 8.72. The van der Waals surface area contributed by atoms with E-state index in [1.165, 1.54) is 11.6 Å². The zero-order valence-electron chi connectivity index (χ0n) is 14.5. The van der Waals surface area contributed by atoms with Gasteiger partial charge in [-0.25, -0.2) is 0 Å². The average Bonchev–Trinajstić information content (AvgIpc) is 3.10. The molecular formula is C17H22F2IN3O2S. The molecule has 5 nitrogen and oxygen atoms in total. The first-order chi connectivity index (χ1) is 12.1. The van der Waals surface area contributed by atoms with Gasteiger partial charge >= 0.3 is 6.61 Å². The molecule has 0 aliphatic rings. The standard InChI is InChI=1S/C17H21F2N3O2S.HI/c1-3-23-15-8-12(4-5-14(15)24-16(18)19)9-21-17(20-2)22-10-13-6-7-25-11-13;/h4-8,11,16H,3,9-10H2,1-2H3,(H2,20,21,22);1H. The van der Waals surface area contributed by atoms with E-state index in [9.17, 15) is 8.78 Å². The summed E-state index contributed by atoms with van der Waals surface area (Å²) in [6.07, 6.45) is 0. The molecule has 0 radical (unpaired) electrons. The summed E-state index contributed by atoms with van der Waals surface area (Å²) in [7, 11) is 1.69. The first-order valence-electron chi connectivity index (χ1n) is 7.78. The summed E-state index contributed by atoms with van der Waals surface area (Å²) >= 11 is 1.64. The zero-order valence-corrected chi connectivity index (χ0v) is 17.6. The molecule has 0 bridgehead atoms. The fourth-order valence-corrected chi connectivity index (χ4v) is 2.78. The summed E-state index contributed by atoms with van der Waals surface area (Å²) in [5, 5.41) is 10.5. The molecule has 0 unspecified atom stereocenters. The zero-order chi connectivity index (χ0) is 18.1. The summed E-state index contributed by atoms with van der Waals surface area (Å²) < 4.78 is 34.7. The topological polar surface area (TPSA) is 54.9 Å². The predicted octanol–water partition coefficient (Wildman–Crippen LogP) is 4.23. The van der Waals surface area contributed by atoms with Crippen molar-refractivity contribution in [2.24, 2.45) is 4.99 Å². The largest absolute Gasteiger partial charge is 0.490 e. The molecule has 2 rings (SSSR count). The van der Waals surface area contributed by atoms with Gasteiger partial charge in [0.1, 0.15) is 0 Å². The Bertz CT molecular complexity index is 685. The molecule has 2 aromatic rings. The molecule has 0 atom stereocenters. The van der Waals surface area contributed by atoms with Gasteiger partial charge in [-0.2, -0.15) is 20.1 Å². The lowest BCUT2D eigenvalue weighted by molar-refractivity contribution is -0.0514. The minimum absolute atomic E-state index is 0. The Labute approximate surface area is 172 Å². The second kappa shape index (κ2) is 11.9. The van der Waals surface area contributed by atoms with E-state index < -0.39 is 6.61 Å². The molecule has 1 aromatic carbocycles. The van der Waals surface area contributed by atoms with Crippen LogP contribution in [0.2, 0.25) is 0 Å². The second-order valence-electron chi connectivity index (χ2n) is 5.00. The molecule has 144 valence electrons. The normalized spacial score (nSPS) is 11.0. The molecule has 0 saturated carbocycles. The third-order valence-corrected chi connectivity index (χ3v) is 3.98. The van der Waals surface area contributed by atoms with Gasteiger partial charge in [-0.15, -0.1) is 24.0 Å². The van der Waals surface area contributed by atoms with Crippen molar-refractivity contribution in [3.05, 3.63) is 46.2 Å². The molecule has 26 heavy (non-hydrogen) atoms. The van der Waals surface area contributed by atoms with E-state index in [2.05, 4.69) is 25.7 Å². The lowest BCUT2D eigenvalue weighted by Gasteiger charge is -2.14. The van der Waals surface area contributed by atoms with E-state index in [-0.39, 0.29) is 29.7 Å². The van der Waals surface area contributed by atoms with Gasteiger partial charge in [0.2, 0.25) is 0 Å². The van der Waals surface area contributed by atoms with E-state index in [0.717, 1.165) is 5.56 Å². The SMILES string of the molecule is CCOc1cc(CNC(=NC)NCc2ccsc2)ccc1OC(F)F.I. The van der Waals surface area contributed by atoms with Gasteiger partial charge in [-0.05, 0) is 47.0 Å². The van der Waals surface area contributed by atoms with Crippen molar-refractivity contribution in [1.29, 1.82) is 0 Å². The number of ether oxygens (including phenoxy) is 2. The maximum atomic E-state index is 12.4. The predicted molar refractivity (Wildman–Crippen MR) is 111 cm³/mol. The van der Waals surface area contributed by atoms with Crippen LogP contribution in [0, 0.1) is 0 Å². The molecule has 0 amide bonds. The number of thiophene rings is 1. The smallest absolute Gasteiger partial charge is 0.387 e. The van der Waals surface area contributed by atoms with Crippen LogP contribution in [0.5, 0.6) is 11.5 Å². The summed E-state index contributed by atoms with van der Waals surface area (Å²) in [5.41, 5.74) is 2.05. The molecule has 0 fully saturated rings. The first kappa shape index (κ1) is 22.4. The van der Waals surface area contributed by atoms with Gasteiger partial charge in [0.15, 0.2) is 17.5 Å². The highest BCUT2D eigenvalue weighted by molar-refractivity contribution is 14.0. The molecule has 0 saturated heterocycles. The number of benzene rings is 1. The Morgan fingerprint density at radius 1 is 1.15 bits per heavy atom. The van der Waals surface area contributed by atoms with Crippen molar-refractivity contribution in [1.82, 2.24) is 10.6 Å². The third kappa shape index (κ3) is 7.32. The molecule has 2 N–H and O–H groups in total. The number of nitrogens with zero attached hydrogens (tertiary/aromatic N) is 1. The number of guanidine groups is 1. The Hall–Kier alpha value is -1.62. The fourth-order valence-electron chi connectivity index (χ4n) is 2.11. The van der Waals surface area contributed by atoms with Gasteiger partial charge < -0.3 is 20.1 Å². The van der Waals surface area contributed by atoms with Crippen molar-refractivity contribution in [3.8, 4) is 11.5 Å². The number of nitrogens with one attached hydrogen (secondary N) is 2. The van der Waals surface area contributed by atoms with E-state index >= 15 is 0 Å². The van der Waals surface area contributed by atoms with Gasteiger partial charge in [0, 0.05) is 20.1 Å². The lowest BCUT2D eigenvalue weighted by atomic mass is 10.2. The van der Waals surface area contributed by atoms with Crippen molar-refractivity contribution < 1.29 is 18.3 Å². The van der Waals surface area contributed by atoms with Crippen molar-refractivity contribution >= 4 is 41.3 Å². The monoisotopic (exact) mass is 497 g/mol. The van der Waals surface area contributed by atoms with Crippen LogP contribution in [-0.4, -0.2) is 26.2 Å². The Kier molecular flexibility index (Phi) is 10.3. The highest BCUT2D eigenvalue weighted by atomic mass is 127. The molecular weight excluding hydrogens is 475 g/mol. The van der Waals surface area contributed by atoms with Gasteiger partial charge in [0.25, 0.3) is 0 Å². The number of aliphatic imine (C=N–C) groups is 1. The minimum atomic E-state index is -2.89. The van der Waals surface area contributed by atoms with Gasteiger partial charge in [-0.3, -0.25) is 4.99 Å². The van der Waals surface area contributed by atoms with Crippen molar-refractivity contribution in [2.45, 2.75) is 26.6 Å². The molecule has 0 aliphatic heterocycles. The molecule has 9 heteroatoms. The third-order valence-electron chi connectivity index (χ3n) is 3.25. The Morgan fingerprint density at radius 3 is 2.46 bits per heavy atom. The van der Waals surface area contributed by atoms with Gasteiger partial charge in [0.05, 0.1) is 6.61 Å². The van der Waals surface area contributed by atoms with Crippen molar-refractivity contribution in [2.75, 3.05) is 13.7 Å². The highest BCUT2D eigenvalue weighted by Gasteiger charge is 2.11. The number of hydrogen-bond acceptors (Lipinski definition) is 4. The van der Waals surface area contributed by atoms with Crippen molar-refractivity contribution in [3.63, 3.8) is 0 Å². The average molecular weight is 497 g/mol. The Balaban J connectivity index is 0.00000338. The molecule has 1 aromatic heterocycles. The van der Waals surface area contributed by atoms with Crippen LogP contribution in [0.3, 0.4) is 0 Å².